The van der Waals surface area contributed by atoms with Gasteiger partial charge in [-0.15, -0.1) is 10.2 Å². The van der Waals surface area contributed by atoms with E-state index in [9.17, 15) is 4.79 Å². The number of carbonyl (C=O) groups excluding carboxylic acids is 1. The number of nitrogens with one attached hydrogen (secondary N) is 1. The first-order valence-corrected chi connectivity index (χ1v) is 11.5. The van der Waals surface area contributed by atoms with Crippen LogP contribution in [0.4, 0.5) is 5.69 Å². The maximum atomic E-state index is 12.6. The maximum Gasteiger partial charge on any atom is 0.277 e. The van der Waals surface area contributed by atoms with E-state index in [-0.39, 0.29) is 18.3 Å². The number of para-hydroxylation sites is 1. The molecule has 8 heteroatoms. The van der Waals surface area contributed by atoms with E-state index in [1.54, 1.807) is 19.2 Å². The molecule has 0 radical (unpaired) electrons. The van der Waals surface area contributed by atoms with Crippen LogP contribution in [0.15, 0.2) is 52.1 Å². The van der Waals surface area contributed by atoms with Crippen LogP contribution in [0, 0.1) is 0 Å². The number of benzene rings is 2. The fraction of sp³-hybridized carbons (Fsp3) is 0.375. The smallest absolute Gasteiger partial charge is 0.277 e. The lowest BCUT2D eigenvalue weighted by atomic mass is 9.92. The van der Waals surface area contributed by atoms with Gasteiger partial charge in [0.15, 0.2) is 6.61 Å². The van der Waals surface area contributed by atoms with Gasteiger partial charge in [-0.25, -0.2) is 0 Å². The van der Waals surface area contributed by atoms with E-state index in [0.29, 0.717) is 28.7 Å². The Labute approximate surface area is 192 Å². The van der Waals surface area contributed by atoms with Crippen LogP contribution in [0.1, 0.15) is 56.5 Å². The number of nitrogens with zero attached hydrogens (tertiary/aromatic N) is 2. The summed E-state index contributed by atoms with van der Waals surface area (Å²) in [7, 11) is 1.61. The van der Waals surface area contributed by atoms with Gasteiger partial charge in [-0.3, -0.25) is 4.79 Å². The van der Waals surface area contributed by atoms with Crippen LogP contribution in [0.25, 0.3) is 0 Å². The second-order valence-corrected chi connectivity index (χ2v) is 8.81. The SMILES string of the molecule is COc1ccc(OCc2nnc(SCC(=O)Nc3c(C(C)C)cccc3C(C)C)o2)cc1. The molecule has 3 rings (SSSR count). The van der Waals surface area contributed by atoms with E-state index in [0.717, 1.165) is 22.6 Å². The normalized spacial score (nSPS) is 11.1. The Balaban J connectivity index is 1.55. The highest BCUT2D eigenvalue weighted by atomic mass is 32.2. The van der Waals surface area contributed by atoms with Gasteiger partial charge in [0.1, 0.15) is 11.5 Å². The Hall–Kier alpha value is -3.00. The molecule has 7 nitrogen and oxygen atoms in total. The Morgan fingerprint density at radius 3 is 2.22 bits per heavy atom. The molecule has 0 saturated carbocycles. The average molecular weight is 456 g/mol. The zero-order valence-electron chi connectivity index (χ0n) is 19.0. The summed E-state index contributed by atoms with van der Waals surface area (Å²) in [6, 6.07) is 13.4. The third kappa shape index (κ3) is 6.26. The van der Waals surface area contributed by atoms with Gasteiger partial charge in [0.2, 0.25) is 5.91 Å². The number of amides is 1. The van der Waals surface area contributed by atoms with Crippen LogP contribution in [-0.2, 0) is 11.4 Å². The molecule has 0 saturated heterocycles. The fourth-order valence-corrected chi connectivity index (χ4v) is 3.75. The molecule has 170 valence electrons. The van der Waals surface area contributed by atoms with Gasteiger partial charge in [-0.1, -0.05) is 57.7 Å². The van der Waals surface area contributed by atoms with Gasteiger partial charge in [0.25, 0.3) is 11.1 Å². The van der Waals surface area contributed by atoms with Crippen LogP contribution < -0.4 is 14.8 Å². The van der Waals surface area contributed by atoms with E-state index in [2.05, 4.69) is 55.3 Å². The van der Waals surface area contributed by atoms with Crippen molar-refractivity contribution in [1.29, 1.82) is 0 Å². The number of carbonyl (C=O) groups is 1. The molecule has 0 bridgehead atoms. The van der Waals surface area contributed by atoms with Crippen molar-refractivity contribution in [2.45, 2.75) is 51.4 Å². The molecule has 1 amide bonds. The molecule has 0 aliphatic rings. The first-order valence-electron chi connectivity index (χ1n) is 10.5. The largest absolute Gasteiger partial charge is 0.497 e. The van der Waals surface area contributed by atoms with Gasteiger partial charge in [-0.2, -0.15) is 0 Å². The highest BCUT2D eigenvalue weighted by Crippen LogP contribution is 2.32. The highest BCUT2D eigenvalue weighted by molar-refractivity contribution is 7.99. The third-order valence-corrected chi connectivity index (χ3v) is 5.65. The molecule has 0 spiro atoms. The molecule has 0 fully saturated rings. The molecular formula is C24H29N3O4S. The van der Waals surface area contributed by atoms with E-state index in [1.165, 1.54) is 11.8 Å². The van der Waals surface area contributed by atoms with E-state index < -0.39 is 0 Å². The molecular weight excluding hydrogens is 426 g/mol. The second-order valence-electron chi connectivity index (χ2n) is 7.88. The van der Waals surface area contributed by atoms with Crippen LogP contribution in [0.3, 0.4) is 0 Å². The van der Waals surface area contributed by atoms with E-state index in [4.69, 9.17) is 13.9 Å². The molecule has 3 aromatic rings. The Morgan fingerprint density at radius 1 is 1.00 bits per heavy atom. The Morgan fingerprint density at radius 2 is 1.62 bits per heavy atom. The quantitative estimate of drug-likeness (QED) is 0.396. The predicted octanol–water partition coefficient (Wildman–Crippen LogP) is 5.63. The molecule has 0 aliphatic heterocycles. The summed E-state index contributed by atoms with van der Waals surface area (Å²) in [5.74, 6) is 2.44. The summed E-state index contributed by atoms with van der Waals surface area (Å²) >= 11 is 1.20. The van der Waals surface area contributed by atoms with Crippen molar-refractivity contribution in [3.8, 4) is 11.5 Å². The van der Waals surface area contributed by atoms with E-state index >= 15 is 0 Å². The van der Waals surface area contributed by atoms with Gasteiger partial charge < -0.3 is 19.2 Å². The lowest BCUT2D eigenvalue weighted by Crippen LogP contribution is -2.17. The van der Waals surface area contributed by atoms with Crippen LogP contribution in [0.2, 0.25) is 0 Å². The van der Waals surface area contributed by atoms with Crippen molar-refractivity contribution in [2.75, 3.05) is 18.2 Å². The van der Waals surface area contributed by atoms with Gasteiger partial charge in [-0.05, 0) is 47.2 Å². The minimum Gasteiger partial charge on any atom is -0.497 e. The Kier molecular flexibility index (Phi) is 8.16. The summed E-state index contributed by atoms with van der Waals surface area (Å²) in [6.45, 7) is 8.64. The number of ether oxygens (including phenoxy) is 2. The molecule has 1 aromatic heterocycles. The molecule has 0 atom stereocenters. The summed E-state index contributed by atoms with van der Waals surface area (Å²) in [6.07, 6.45) is 0. The van der Waals surface area contributed by atoms with Crippen LogP contribution in [0.5, 0.6) is 11.5 Å². The van der Waals surface area contributed by atoms with Crippen molar-refractivity contribution in [3.05, 3.63) is 59.5 Å². The minimum atomic E-state index is -0.112. The predicted molar refractivity (Wildman–Crippen MR) is 126 cm³/mol. The van der Waals surface area contributed by atoms with Crippen molar-refractivity contribution >= 4 is 23.4 Å². The number of hydrogen-bond acceptors (Lipinski definition) is 7. The standard InChI is InChI=1S/C24H29N3O4S/c1-15(2)19-7-6-8-20(16(3)4)23(19)25-21(28)14-32-24-27-26-22(31-24)13-30-18-11-9-17(29-5)10-12-18/h6-12,15-16H,13-14H2,1-5H3,(H,25,28). The lowest BCUT2D eigenvalue weighted by Gasteiger charge is -2.20. The van der Waals surface area contributed by atoms with Crippen molar-refractivity contribution in [1.82, 2.24) is 10.2 Å². The van der Waals surface area contributed by atoms with Crippen molar-refractivity contribution in [2.24, 2.45) is 0 Å². The monoisotopic (exact) mass is 455 g/mol. The molecule has 1 N–H and O–H groups in total. The number of anilines is 1. The maximum absolute atomic E-state index is 12.6. The van der Waals surface area contributed by atoms with E-state index in [1.807, 2.05) is 18.2 Å². The van der Waals surface area contributed by atoms with Crippen LogP contribution in [-0.4, -0.2) is 29.0 Å². The van der Waals surface area contributed by atoms with Gasteiger partial charge in [0.05, 0.1) is 12.9 Å². The summed E-state index contributed by atoms with van der Waals surface area (Å²) in [4.78, 5) is 12.6. The lowest BCUT2D eigenvalue weighted by molar-refractivity contribution is -0.113. The average Bonchev–Trinajstić information content (AvgIpc) is 3.24. The number of rotatable bonds is 10. The fourth-order valence-electron chi connectivity index (χ4n) is 3.17. The molecule has 2 aromatic carbocycles. The van der Waals surface area contributed by atoms with Crippen molar-refractivity contribution in [3.63, 3.8) is 0 Å². The molecule has 1 heterocycles. The minimum absolute atomic E-state index is 0.112. The Bertz CT molecular complexity index is 1010. The summed E-state index contributed by atoms with van der Waals surface area (Å²) < 4.78 is 16.3. The van der Waals surface area contributed by atoms with Crippen molar-refractivity contribution < 1.29 is 18.7 Å². The topological polar surface area (TPSA) is 86.5 Å². The van der Waals surface area contributed by atoms with Gasteiger partial charge >= 0.3 is 0 Å². The molecule has 32 heavy (non-hydrogen) atoms. The summed E-state index contributed by atoms with van der Waals surface area (Å²) in [5.41, 5.74) is 3.16. The first-order chi connectivity index (χ1) is 15.4. The second kappa shape index (κ2) is 11.0. The third-order valence-electron chi connectivity index (χ3n) is 4.83. The highest BCUT2D eigenvalue weighted by Gasteiger charge is 2.17. The first kappa shape index (κ1) is 23.7. The summed E-state index contributed by atoms with van der Waals surface area (Å²) in [5, 5.41) is 11.4. The number of methoxy groups -OCH3 is 1. The van der Waals surface area contributed by atoms with Crippen LogP contribution >= 0.6 is 11.8 Å². The number of hydrogen-bond donors (Lipinski definition) is 1. The molecule has 0 unspecified atom stereocenters. The zero-order valence-corrected chi connectivity index (χ0v) is 19.9. The molecule has 0 aliphatic carbocycles. The number of thioether (sulfide) groups is 1. The zero-order chi connectivity index (χ0) is 23.1. The number of aromatic nitrogens is 2. The van der Waals surface area contributed by atoms with Gasteiger partial charge in [0, 0.05) is 5.69 Å².